The highest BCUT2D eigenvalue weighted by Gasteiger charge is 2.17. The van der Waals surface area contributed by atoms with Gasteiger partial charge < -0.3 is 5.32 Å². The van der Waals surface area contributed by atoms with Crippen LogP contribution in [0.1, 0.15) is 17.3 Å². The van der Waals surface area contributed by atoms with Crippen molar-refractivity contribution in [1.82, 2.24) is 14.8 Å². The Balaban J connectivity index is 1.81. The Morgan fingerprint density at radius 1 is 1.11 bits per heavy atom. The smallest absolute Gasteiger partial charge is 0.256 e. The normalized spacial score (nSPS) is 10.9. The van der Waals surface area contributed by atoms with Crippen LogP contribution >= 0.6 is 11.6 Å². The number of nitrogens with one attached hydrogen (secondary N) is 1. The zero-order chi connectivity index (χ0) is 18.8. The fourth-order valence-corrected chi connectivity index (χ4v) is 3.08. The van der Waals surface area contributed by atoms with Crippen molar-refractivity contribution in [3.05, 3.63) is 77.4 Å². The number of fused-ring (bicyclic) bond motifs is 1. The van der Waals surface area contributed by atoms with Crippen LogP contribution in [0.3, 0.4) is 0 Å². The summed E-state index contributed by atoms with van der Waals surface area (Å²) in [5.41, 5.74) is 3.59. The van der Waals surface area contributed by atoms with E-state index in [9.17, 15) is 4.79 Å². The number of hydrogen-bond donors (Lipinski definition) is 1. The predicted octanol–water partition coefficient (Wildman–Crippen LogP) is 5.02. The second-order valence-electron chi connectivity index (χ2n) is 6.08. The quantitative estimate of drug-likeness (QED) is 0.543. The molecule has 0 aliphatic heterocycles. The number of amides is 1. The van der Waals surface area contributed by atoms with Crippen LogP contribution < -0.4 is 5.32 Å². The molecular weight excluding hydrogens is 360 g/mol. The number of halogens is 1. The van der Waals surface area contributed by atoms with Gasteiger partial charge in [-0.3, -0.25) is 4.79 Å². The van der Waals surface area contributed by atoms with Crippen LogP contribution in [-0.4, -0.2) is 20.7 Å². The number of hydrogen-bond acceptors (Lipinski definition) is 3. The summed E-state index contributed by atoms with van der Waals surface area (Å²) in [6.45, 7) is 2.67. The van der Waals surface area contributed by atoms with E-state index in [0.717, 1.165) is 16.6 Å². The van der Waals surface area contributed by atoms with E-state index in [1.165, 1.54) is 0 Å². The molecule has 2 heterocycles. The maximum absolute atomic E-state index is 13.0. The van der Waals surface area contributed by atoms with Gasteiger partial charge in [0.1, 0.15) is 0 Å². The lowest BCUT2D eigenvalue weighted by atomic mass is 10.1. The molecule has 0 fully saturated rings. The summed E-state index contributed by atoms with van der Waals surface area (Å²) < 4.78 is 1.79. The van der Waals surface area contributed by atoms with E-state index < -0.39 is 0 Å². The zero-order valence-corrected chi connectivity index (χ0v) is 15.4. The summed E-state index contributed by atoms with van der Waals surface area (Å²) in [5.74, 6) is -0.211. The first-order valence-electron chi connectivity index (χ1n) is 8.64. The number of carbonyl (C=O) groups is 1. The summed E-state index contributed by atoms with van der Waals surface area (Å²) >= 11 is 5.92. The largest absolute Gasteiger partial charge is 0.322 e. The second kappa shape index (κ2) is 7.21. The zero-order valence-electron chi connectivity index (χ0n) is 14.7. The average molecular weight is 377 g/mol. The van der Waals surface area contributed by atoms with Gasteiger partial charge in [-0.25, -0.2) is 9.67 Å². The number of aromatic nitrogens is 3. The summed E-state index contributed by atoms with van der Waals surface area (Å²) in [6, 6.07) is 18.6. The van der Waals surface area contributed by atoms with E-state index in [2.05, 4.69) is 10.4 Å². The molecule has 2 aromatic carbocycles. The van der Waals surface area contributed by atoms with Gasteiger partial charge in [0, 0.05) is 22.8 Å². The Labute approximate surface area is 161 Å². The van der Waals surface area contributed by atoms with Crippen molar-refractivity contribution in [3.63, 3.8) is 0 Å². The monoisotopic (exact) mass is 376 g/mol. The first kappa shape index (κ1) is 17.2. The molecule has 1 amide bonds. The van der Waals surface area contributed by atoms with Gasteiger partial charge in [-0.05, 0) is 37.3 Å². The fourth-order valence-electron chi connectivity index (χ4n) is 2.96. The Kier molecular flexibility index (Phi) is 4.60. The van der Waals surface area contributed by atoms with E-state index in [4.69, 9.17) is 16.6 Å². The van der Waals surface area contributed by atoms with Crippen LogP contribution in [0.4, 0.5) is 5.69 Å². The van der Waals surface area contributed by atoms with Gasteiger partial charge >= 0.3 is 0 Å². The molecule has 4 rings (SSSR count). The van der Waals surface area contributed by atoms with Crippen LogP contribution in [0.5, 0.6) is 0 Å². The molecule has 0 unspecified atom stereocenters. The van der Waals surface area contributed by atoms with Gasteiger partial charge in [0.05, 0.1) is 22.8 Å². The van der Waals surface area contributed by atoms with Gasteiger partial charge in [0.2, 0.25) is 0 Å². The van der Waals surface area contributed by atoms with Crippen LogP contribution in [0, 0.1) is 0 Å². The van der Waals surface area contributed by atoms with Crippen LogP contribution in [0.15, 0.2) is 66.9 Å². The molecule has 0 bridgehead atoms. The molecule has 1 N–H and O–H groups in total. The maximum Gasteiger partial charge on any atom is 0.256 e. The first-order chi connectivity index (χ1) is 13.2. The SMILES string of the molecule is CCn1ncc2c(C(=O)Nc3ccc(Cl)cc3)cc(-c3ccccc3)nc21. The number of rotatable bonds is 4. The van der Waals surface area contributed by atoms with E-state index in [0.29, 0.717) is 28.5 Å². The molecule has 0 saturated heterocycles. The minimum absolute atomic E-state index is 0.211. The minimum atomic E-state index is -0.211. The van der Waals surface area contributed by atoms with Crippen LogP contribution in [-0.2, 0) is 6.54 Å². The van der Waals surface area contributed by atoms with E-state index in [1.54, 1.807) is 35.1 Å². The number of nitrogens with zero attached hydrogens (tertiary/aromatic N) is 3. The predicted molar refractivity (Wildman–Crippen MR) is 108 cm³/mol. The first-order valence-corrected chi connectivity index (χ1v) is 9.02. The molecule has 134 valence electrons. The highest BCUT2D eigenvalue weighted by molar-refractivity contribution is 6.30. The minimum Gasteiger partial charge on any atom is -0.322 e. The number of aryl methyl sites for hydroxylation is 1. The lowest BCUT2D eigenvalue weighted by Gasteiger charge is -2.09. The summed E-state index contributed by atoms with van der Waals surface area (Å²) in [4.78, 5) is 17.7. The van der Waals surface area contributed by atoms with E-state index >= 15 is 0 Å². The number of carbonyl (C=O) groups excluding carboxylic acids is 1. The van der Waals surface area contributed by atoms with Gasteiger partial charge in [-0.15, -0.1) is 0 Å². The molecule has 0 atom stereocenters. The highest BCUT2D eigenvalue weighted by Crippen LogP contribution is 2.26. The molecule has 0 saturated carbocycles. The topological polar surface area (TPSA) is 59.8 Å². The van der Waals surface area contributed by atoms with Crippen molar-refractivity contribution in [2.45, 2.75) is 13.5 Å². The van der Waals surface area contributed by atoms with Gasteiger partial charge in [0.15, 0.2) is 5.65 Å². The van der Waals surface area contributed by atoms with E-state index in [1.807, 2.05) is 43.3 Å². The Morgan fingerprint density at radius 2 is 1.85 bits per heavy atom. The van der Waals surface area contributed by atoms with Crippen molar-refractivity contribution in [2.75, 3.05) is 5.32 Å². The summed E-state index contributed by atoms with van der Waals surface area (Å²) in [5, 5.41) is 8.63. The molecule has 27 heavy (non-hydrogen) atoms. The standard InChI is InChI=1S/C21H17ClN4O/c1-2-26-20-18(13-23-26)17(12-19(25-20)14-6-4-3-5-7-14)21(27)24-16-10-8-15(22)9-11-16/h3-13H,2H2,1H3,(H,24,27). The number of pyridine rings is 1. The Morgan fingerprint density at radius 3 is 2.56 bits per heavy atom. The third-order valence-electron chi connectivity index (χ3n) is 4.32. The average Bonchev–Trinajstić information content (AvgIpc) is 3.12. The number of anilines is 1. The van der Waals surface area contributed by atoms with E-state index in [-0.39, 0.29) is 5.91 Å². The molecule has 0 radical (unpaired) electrons. The van der Waals surface area contributed by atoms with Gasteiger partial charge in [-0.2, -0.15) is 5.10 Å². The second-order valence-corrected chi connectivity index (χ2v) is 6.52. The third kappa shape index (κ3) is 3.41. The van der Waals surface area contributed by atoms with Crippen molar-refractivity contribution < 1.29 is 4.79 Å². The van der Waals surface area contributed by atoms with Crippen LogP contribution in [0.2, 0.25) is 5.02 Å². The summed E-state index contributed by atoms with van der Waals surface area (Å²) in [7, 11) is 0. The lowest BCUT2D eigenvalue weighted by molar-refractivity contribution is 0.102. The number of benzene rings is 2. The van der Waals surface area contributed by atoms with Crippen molar-refractivity contribution in [1.29, 1.82) is 0 Å². The van der Waals surface area contributed by atoms with Gasteiger partial charge in [0.25, 0.3) is 5.91 Å². The maximum atomic E-state index is 13.0. The summed E-state index contributed by atoms with van der Waals surface area (Å²) in [6.07, 6.45) is 1.69. The Bertz CT molecular complexity index is 1100. The molecular formula is C21H17ClN4O. The molecule has 0 aliphatic carbocycles. The molecule has 4 aromatic rings. The van der Waals surface area contributed by atoms with Gasteiger partial charge in [-0.1, -0.05) is 41.9 Å². The Hall–Kier alpha value is -3.18. The molecule has 0 aliphatic rings. The third-order valence-corrected chi connectivity index (χ3v) is 4.58. The molecule has 5 nitrogen and oxygen atoms in total. The molecule has 6 heteroatoms. The molecule has 0 spiro atoms. The molecule has 2 aromatic heterocycles. The fraction of sp³-hybridized carbons (Fsp3) is 0.0952. The highest BCUT2D eigenvalue weighted by atomic mass is 35.5. The van der Waals surface area contributed by atoms with Crippen LogP contribution in [0.25, 0.3) is 22.3 Å². The van der Waals surface area contributed by atoms with Crippen molar-refractivity contribution >= 4 is 34.2 Å². The van der Waals surface area contributed by atoms with Crippen molar-refractivity contribution in [2.24, 2.45) is 0 Å². The van der Waals surface area contributed by atoms with Crippen molar-refractivity contribution in [3.8, 4) is 11.3 Å². The lowest BCUT2D eigenvalue weighted by Crippen LogP contribution is -2.13.